The number of thiol groups is 1. The van der Waals surface area contributed by atoms with Crippen molar-refractivity contribution in [1.29, 1.82) is 0 Å². The Morgan fingerprint density at radius 1 is 1.75 bits per heavy atom. The van der Waals surface area contributed by atoms with Gasteiger partial charge in [0.25, 0.3) is 0 Å². The van der Waals surface area contributed by atoms with Crippen LogP contribution in [-0.4, -0.2) is 5.37 Å². The van der Waals surface area contributed by atoms with Gasteiger partial charge in [-0.3, -0.25) is 5.84 Å². The van der Waals surface area contributed by atoms with E-state index in [1.807, 2.05) is 13.0 Å². The molecule has 0 spiro atoms. The van der Waals surface area contributed by atoms with Crippen molar-refractivity contribution in [2.24, 2.45) is 5.84 Å². The second-order valence-corrected chi connectivity index (χ2v) is 2.97. The first-order valence-corrected chi connectivity index (χ1v) is 4.26. The molecule has 0 radical (unpaired) electrons. The Bertz CT molecular complexity index is 180. The largest absolute Gasteiger partial charge is 0.270 e. The fourth-order valence-electron chi connectivity index (χ4n) is 0.826. The van der Waals surface area contributed by atoms with Gasteiger partial charge in [-0.1, -0.05) is 12.7 Å². The molecule has 3 N–H and O–H groups in total. The van der Waals surface area contributed by atoms with Gasteiger partial charge >= 0.3 is 0 Å². The van der Waals surface area contributed by atoms with Crippen LogP contribution in [0.15, 0.2) is 24.1 Å². The Morgan fingerprint density at radius 2 is 2.33 bits per heavy atom. The molecule has 1 atom stereocenters. The van der Waals surface area contributed by atoms with Gasteiger partial charge < -0.3 is 0 Å². The number of nitrogens with one attached hydrogen (secondary N) is 1. The van der Waals surface area contributed by atoms with E-state index < -0.39 is 0 Å². The molecule has 0 saturated carbocycles. The second kappa shape index (κ2) is 6.22. The van der Waals surface area contributed by atoms with Gasteiger partial charge in [-0.25, -0.2) is 9.82 Å². The highest BCUT2D eigenvalue weighted by Crippen LogP contribution is 2.15. The molecule has 2 nitrogen and oxygen atoms in total. The Kier molecular flexibility index (Phi) is 6.06. The molecule has 0 aliphatic carbocycles. The summed E-state index contributed by atoms with van der Waals surface area (Å²) in [6.45, 7) is 5.05. The van der Waals surface area contributed by atoms with E-state index in [1.54, 1.807) is 0 Å². The van der Waals surface area contributed by atoms with E-state index in [0.29, 0.717) is 12.8 Å². The predicted molar refractivity (Wildman–Crippen MR) is 53.3 cm³/mol. The molecule has 4 heteroatoms. The van der Waals surface area contributed by atoms with Crippen molar-refractivity contribution in [2.75, 3.05) is 0 Å². The van der Waals surface area contributed by atoms with Crippen LogP contribution >= 0.6 is 12.6 Å². The predicted octanol–water partition coefficient (Wildman–Crippen LogP) is 1.92. The van der Waals surface area contributed by atoms with Gasteiger partial charge in [0.15, 0.2) is 0 Å². The second-order valence-electron chi connectivity index (χ2n) is 2.45. The van der Waals surface area contributed by atoms with Gasteiger partial charge in [-0.2, -0.15) is 12.6 Å². The third-order valence-corrected chi connectivity index (χ3v) is 2.05. The molecule has 0 aromatic rings. The monoisotopic (exact) mass is 190 g/mol. The highest BCUT2D eigenvalue weighted by molar-refractivity contribution is 7.81. The minimum absolute atomic E-state index is 0.200. The van der Waals surface area contributed by atoms with E-state index in [2.05, 4.69) is 24.6 Å². The summed E-state index contributed by atoms with van der Waals surface area (Å²) in [6, 6.07) is 0. The minimum atomic E-state index is -0.313. The van der Waals surface area contributed by atoms with Crippen LogP contribution in [0.25, 0.3) is 0 Å². The van der Waals surface area contributed by atoms with Crippen molar-refractivity contribution in [3.63, 3.8) is 0 Å². The fraction of sp³-hybridized carbons (Fsp3) is 0.500. The average Bonchev–Trinajstić information content (AvgIpc) is 2.04. The SMILES string of the molecule is C=C(F)CC/C(=C\C)C(S)NN. The summed E-state index contributed by atoms with van der Waals surface area (Å²) in [6.07, 6.45) is 2.81. The lowest BCUT2D eigenvalue weighted by atomic mass is 10.1. The van der Waals surface area contributed by atoms with Crippen molar-refractivity contribution in [1.82, 2.24) is 5.43 Å². The highest BCUT2D eigenvalue weighted by atomic mass is 32.1. The van der Waals surface area contributed by atoms with Crippen LogP contribution in [0.3, 0.4) is 0 Å². The zero-order chi connectivity index (χ0) is 9.56. The molecule has 70 valence electrons. The number of hydrazine groups is 1. The fourth-order valence-corrected chi connectivity index (χ4v) is 1.10. The van der Waals surface area contributed by atoms with Crippen LogP contribution in [0.2, 0.25) is 0 Å². The Morgan fingerprint density at radius 3 is 2.67 bits per heavy atom. The first-order chi connectivity index (χ1) is 5.61. The third kappa shape index (κ3) is 4.54. The van der Waals surface area contributed by atoms with Gasteiger partial charge in [0.2, 0.25) is 0 Å². The van der Waals surface area contributed by atoms with E-state index in [1.165, 1.54) is 0 Å². The molecular weight excluding hydrogens is 175 g/mol. The summed E-state index contributed by atoms with van der Waals surface area (Å²) in [5, 5.41) is -0.200. The number of hydrogen-bond acceptors (Lipinski definition) is 3. The smallest absolute Gasteiger partial charge is 0.0931 e. The maximum absolute atomic E-state index is 12.3. The average molecular weight is 190 g/mol. The molecule has 0 rings (SSSR count). The van der Waals surface area contributed by atoms with E-state index in [-0.39, 0.29) is 11.2 Å². The summed E-state index contributed by atoms with van der Waals surface area (Å²) in [5.74, 6) is 4.86. The van der Waals surface area contributed by atoms with Gasteiger partial charge in [0.1, 0.15) is 0 Å². The van der Waals surface area contributed by atoms with Gasteiger partial charge in [-0.05, 0) is 18.9 Å². The maximum Gasteiger partial charge on any atom is 0.0931 e. The maximum atomic E-state index is 12.3. The summed E-state index contributed by atoms with van der Waals surface area (Å²) in [5.41, 5.74) is 3.46. The molecule has 0 aliphatic rings. The zero-order valence-corrected chi connectivity index (χ0v) is 8.07. The van der Waals surface area contributed by atoms with Crippen LogP contribution in [0.5, 0.6) is 0 Å². The molecule has 0 saturated heterocycles. The lowest BCUT2D eigenvalue weighted by molar-refractivity contribution is 0.584. The number of halogens is 1. The van der Waals surface area contributed by atoms with Crippen LogP contribution in [-0.2, 0) is 0 Å². The summed E-state index contributed by atoms with van der Waals surface area (Å²) in [7, 11) is 0. The number of nitrogens with two attached hydrogens (primary N) is 1. The number of allylic oxidation sites excluding steroid dienone is 2. The first kappa shape index (κ1) is 11.7. The van der Waals surface area contributed by atoms with Crippen molar-refractivity contribution in [3.05, 3.63) is 24.1 Å². The van der Waals surface area contributed by atoms with Gasteiger partial charge in [0, 0.05) is 6.42 Å². The Balaban J connectivity index is 3.93. The summed E-state index contributed by atoms with van der Waals surface area (Å²) in [4.78, 5) is 0. The topological polar surface area (TPSA) is 38.0 Å². The molecule has 0 heterocycles. The summed E-state index contributed by atoms with van der Waals surface area (Å²) >= 11 is 4.15. The van der Waals surface area contributed by atoms with Crippen molar-refractivity contribution in [2.45, 2.75) is 25.1 Å². The molecule has 1 unspecified atom stereocenters. The number of hydrogen-bond donors (Lipinski definition) is 3. The third-order valence-electron chi connectivity index (χ3n) is 1.56. The van der Waals surface area contributed by atoms with Crippen molar-refractivity contribution in [3.8, 4) is 0 Å². The summed E-state index contributed by atoms with van der Waals surface area (Å²) < 4.78 is 12.3. The molecule has 0 amide bonds. The highest BCUT2D eigenvalue weighted by Gasteiger charge is 2.06. The molecule has 0 fully saturated rings. The Hall–Kier alpha value is -0.320. The van der Waals surface area contributed by atoms with E-state index in [0.717, 1.165) is 5.57 Å². The van der Waals surface area contributed by atoms with E-state index >= 15 is 0 Å². The van der Waals surface area contributed by atoms with Crippen LogP contribution in [0.1, 0.15) is 19.8 Å². The lowest BCUT2D eigenvalue weighted by Crippen LogP contribution is -2.32. The lowest BCUT2D eigenvalue weighted by Gasteiger charge is -2.12. The van der Waals surface area contributed by atoms with Gasteiger partial charge in [-0.15, -0.1) is 0 Å². The molecule has 0 bridgehead atoms. The molecule has 0 aromatic heterocycles. The van der Waals surface area contributed by atoms with Crippen LogP contribution < -0.4 is 11.3 Å². The molecule has 12 heavy (non-hydrogen) atoms. The van der Waals surface area contributed by atoms with Crippen molar-refractivity contribution < 1.29 is 4.39 Å². The molecule has 0 aliphatic heterocycles. The molecule has 0 aromatic carbocycles. The Labute approximate surface area is 78.1 Å². The normalized spacial score (nSPS) is 14.5. The van der Waals surface area contributed by atoms with Crippen LogP contribution in [0, 0.1) is 0 Å². The molecular formula is C8H15FN2S. The van der Waals surface area contributed by atoms with Gasteiger partial charge in [0.05, 0.1) is 11.2 Å². The van der Waals surface area contributed by atoms with E-state index in [9.17, 15) is 4.39 Å². The van der Waals surface area contributed by atoms with Crippen molar-refractivity contribution >= 4 is 12.6 Å². The standard InChI is InChI=1S/C8H15FN2S/c1-3-7(8(12)11-10)5-4-6(2)9/h3,8,11-12H,2,4-5,10H2,1H3/b7-3+. The van der Waals surface area contributed by atoms with E-state index in [4.69, 9.17) is 5.84 Å². The quantitative estimate of drug-likeness (QED) is 0.204. The minimum Gasteiger partial charge on any atom is -0.270 e. The first-order valence-electron chi connectivity index (χ1n) is 3.74. The van der Waals surface area contributed by atoms with Crippen LogP contribution in [0.4, 0.5) is 4.39 Å². The zero-order valence-electron chi connectivity index (χ0n) is 7.18. The number of rotatable bonds is 5.